The number of hydrogen-bond donors (Lipinski definition) is 2. The normalized spacial score (nSPS) is 21.7. The third-order valence-electron chi connectivity index (χ3n) is 5.89. The van der Waals surface area contributed by atoms with Crippen LogP contribution in [0.2, 0.25) is 5.02 Å². The minimum absolute atomic E-state index is 0.0282. The molecule has 3 aromatic rings. The van der Waals surface area contributed by atoms with Gasteiger partial charge in [0.25, 0.3) is 0 Å². The summed E-state index contributed by atoms with van der Waals surface area (Å²) in [5.74, 6) is -0.242. The molecule has 0 spiro atoms. The van der Waals surface area contributed by atoms with Crippen LogP contribution >= 0.6 is 11.6 Å². The first-order chi connectivity index (χ1) is 14.3. The standard InChI is InChI=1S/C22H23ClN4O3/c1-11-9-27(10-12(2)19(11)13(3)28)21-15(22(29)30)4-5-18(26-21)17-8-25-20-16(17)6-14(23)7-24-20/h4-8,11-12,19H,9-10H2,1-3H3,(H,24,25)(H,29,30)/t11-,12+,19?. The van der Waals surface area contributed by atoms with Gasteiger partial charge >= 0.3 is 5.97 Å². The zero-order chi connectivity index (χ0) is 21.6. The monoisotopic (exact) mass is 426 g/mol. The molecule has 4 rings (SSSR count). The first kappa shape index (κ1) is 20.3. The number of Topliss-reactive ketones (excluding diaryl/α,β-unsaturated/α-hetero) is 1. The highest BCUT2D eigenvalue weighted by molar-refractivity contribution is 6.31. The van der Waals surface area contributed by atoms with E-state index in [1.165, 1.54) is 0 Å². The van der Waals surface area contributed by atoms with Crippen LogP contribution in [0, 0.1) is 17.8 Å². The highest BCUT2D eigenvalue weighted by Crippen LogP contribution is 2.35. The minimum atomic E-state index is -1.03. The van der Waals surface area contributed by atoms with Crippen molar-refractivity contribution in [2.24, 2.45) is 17.8 Å². The van der Waals surface area contributed by atoms with Gasteiger partial charge in [-0.3, -0.25) is 4.79 Å². The van der Waals surface area contributed by atoms with Crippen LogP contribution in [0.1, 0.15) is 31.1 Å². The Bertz CT molecular complexity index is 1130. The zero-order valence-electron chi connectivity index (χ0n) is 17.0. The fourth-order valence-electron chi connectivity index (χ4n) is 4.73. The van der Waals surface area contributed by atoms with E-state index in [1.54, 1.807) is 31.5 Å². The van der Waals surface area contributed by atoms with Crippen molar-refractivity contribution in [1.29, 1.82) is 0 Å². The van der Waals surface area contributed by atoms with E-state index >= 15 is 0 Å². The predicted molar refractivity (Wildman–Crippen MR) is 116 cm³/mol. The maximum absolute atomic E-state index is 12.1. The molecule has 3 atom stereocenters. The number of ketones is 1. The number of hydrogen-bond acceptors (Lipinski definition) is 5. The van der Waals surface area contributed by atoms with Gasteiger partial charge in [-0.1, -0.05) is 25.4 Å². The second-order valence-corrected chi connectivity index (χ2v) is 8.56. The van der Waals surface area contributed by atoms with E-state index in [0.29, 0.717) is 35.3 Å². The average molecular weight is 427 g/mol. The number of rotatable bonds is 4. The molecule has 8 heteroatoms. The van der Waals surface area contributed by atoms with Gasteiger partial charge in [-0.2, -0.15) is 0 Å². The molecule has 30 heavy (non-hydrogen) atoms. The maximum atomic E-state index is 12.1. The Labute approximate surface area is 179 Å². The third-order valence-corrected chi connectivity index (χ3v) is 6.10. The number of aromatic nitrogens is 3. The lowest BCUT2D eigenvalue weighted by atomic mass is 9.77. The summed E-state index contributed by atoms with van der Waals surface area (Å²) in [6.07, 6.45) is 3.37. The molecule has 1 fully saturated rings. The van der Waals surface area contributed by atoms with Gasteiger partial charge in [0, 0.05) is 42.4 Å². The number of aromatic carboxylic acids is 1. The summed E-state index contributed by atoms with van der Waals surface area (Å²) in [7, 11) is 0. The Kier molecular flexibility index (Phi) is 5.24. The number of carboxylic acid groups (broad SMARTS) is 1. The van der Waals surface area contributed by atoms with Crippen LogP contribution in [-0.4, -0.2) is 44.9 Å². The number of carbonyl (C=O) groups is 2. The van der Waals surface area contributed by atoms with E-state index in [1.807, 2.05) is 24.8 Å². The van der Waals surface area contributed by atoms with Crippen molar-refractivity contribution in [2.45, 2.75) is 20.8 Å². The van der Waals surface area contributed by atoms with Gasteiger partial charge in [0.15, 0.2) is 0 Å². The molecule has 0 aliphatic carbocycles. The molecule has 3 aromatic heterocycles. The first-order valence-electron chi connectivity index (χ1n) is 9.89. The summed E-state index contributed by atoms with van der Waals surface area (Å²) in [5, 5.41) is 11.1. The number of aromatic amines is 1. The van der Waals surface area contributed by atoms with Gasteiger partial charge in [-0.15, -0.1) is 0 Å². The van der Waals surface area contributed by atoms with E-state index in [0.717, 1.165) is 10.9 Å². The van der Waals surface area contributed by atoms with E-state index in [4.69, 9.17) is 16.6 Å². The summed E-state index contributed by atoms with van der Waals surface area (Å²) >= 11 is 6.12. The zero-order valence-corrected chi connectivity index (χ0v) is 17.8. The van der Waals surface area contributed by atoms with Crippen LogP contribution < -0.4 is 4.90 Å². The molecule has 0 aromatic carbocycles. The number of anilines is 1. The lowest BCUT2D eigenvalue weighted by molar-refractivity contribution is -0.124. The topological polar surface area (TPSA) is 99.2 Å². The van der Waals surface area contributed by atoms with E-state index in [-0.39, 0.29) is 29.1 Å². The van der Waals surface area contributed by atoms with Gasteiger partial charge in [0.1, 0.15) is 22.8 Å². The maximum Gasteiger partial charge on any atom is 0.339 e. The van der Waals surface area contributed by atoms with Crippen molar-refractivity contribution in [3.63, 3.8) is 0 Å². The van der Waals surface area contributed by atoms with Gasteiger partial charge in [0.05, 0.1) is 10.7 Å². The first-order valence-corrected chi connectivity index (χ1v) is 10.3. The Morgan fingerprint density at radius 3 is 2.57 bits per heavy atom. The molecule has 156 valence electrons. The Hall–Kier alpha value is -2.93. The van der Waals surface area contributed by atoms with E-state index < -0.39 is 5.97 Å². The second kappa shape index (κ2) is 7.72. The molecule has 0 saturated carbocycles. The largest absolute Gasteiger partial charge is 0.478 e. The molecule has 0 amide bonds. The summed E-state index contributed by atoms with van der Waals surface area (Å²) in [4.78, 5) is 38.1. The van der Waals surface area contributed by atoms with Gasteiger partial charge < -0.3 is 15.0 Å². The average Bonchev–Trinajstić information content (AvgIpc) is 3.09. The molecule has 4 heterocycles. The fourth-order valence-corrected chi connectivity index (χ4v) is 4.89. The lowest BCUT2D eigenvalue weighted by Gasteiger charge is -2.41. The molecule has 1 aliphatic rings. The highest BCUT2D eigenvalue weighted by atomic mass is 35.5. The molecule has 0 radical (unpaired) electrons. The van der Waals surface area contributed by atoms with Crippen molar-refractivity contribution < 1.29 is 14.7 Å². The fraction of sp³-hybridized carbons (Fsp3) is 0.364. The quantitative estimate of drug-likeness (QED) is 0.646. The number of carbonyl (C=O) groups excluding carboxylic acids is 1. The molecule has 1 unspecified atom stereocenters. The molecular formula is C22H23ClN4O3. The number of nitrogens with one attached hydrogen (secondary N) is 1. The number of halogens is 1. The highest BCUT2D eigenvalue weighted by Gasteiger charge is 2.36. The SMILES string of the molecule is CC(=O)C1[C@H](C)CN(c2nc(-c3c[nH]c4ncc(Cl)cc34)ccc2C(=O)O)C[C@@H]1C. The minimum Gasteiger partial charge on any atom is -0.478 e. The van der Waals surface area contributed by atoms with Crippen LogP contribution in [-0.2, 0) is 4.79 Å². The summed E-state index contributed by atoms with van der Waals surface area (Å²) < 4.78 is 0. The van der Waals surface area contributed by atoms with Crippen molar-refractivity contribution in [1.82, 2.24) is 15.0 Å². The number of carboxylic acids is 1. The smallest absolute Gasteiger partial charge is 0.339 e. The number of nitrogens with zero attached hydrogens (tertiary/aromatic N) is 3. The Morgan fingerprint density at radius 1 is 1.23 bits per heavy atom. The molecule has 2 N–H and O–H groups in total. The van der Waals surface area contributed by atoms with Gasteiger partial charge in [0.2, 0.25) is 0 Å². The van der Waals surface area contributed by atoms with Gasteiger partial charge in [-0.05, 0) is 37.0 Å². The van der Waals surface area contributed by atoms with Gasteiger partial charge in [-0.25, -0.2) is 14.8 Å². The number of pyridine rings is 2. The molecule has 1 saturated heterocycles. The van der Waals surface area contributed by atoms with E-state index in [9.17, 15) is 14.7 Å². The van der Waals surface area contributed by atoms with Crippen LogP contribution in [0.3, 0.4) is 0 Å². The van der Waals surface area contributed by atoms with Crippen LogP contribution in [0.25, 0.3) is 22.3 Å². The van der Waals surface area contributed by atoms with Crippen molar-refractivity contribution in [3.05, 3.63) is 41.2 Å². The Morgan fingerprint density at radius 2 is 1.93 bits per heavy atom. The van der Waals surface area contributed by atoms with Crippen molar-refractivity contribution >= 4 is 40.2 Å². The number of piperidine rings is 1. The lowest BCUT2D eigenvalue weighted by Crippen LogP contribution is -2.47. The summed E-state index contributed by atoms with van der Waals surface area (Å²) in [6.45, 7) is 6.85. The Balaban J connectivity index is 1.78. The summed E-state index contributed by atoms with van der Waals surface area (Å²) in [6, 6.07) is 5.10. The van der Waals surface area contributed by atoms with Crippen LogP contribution in [0.15, 0.2) is 30.6 Å². The van der Waals surface area contributed by atoms with Crippen molar-refractivity contribution in [3.8, 4) is 11.3 Å². The molecule has 0 bridgehead atoms. The van der Waals surface area contributed by atoms with E-state index in [2.05, 4.69) is 9.97 Å². The predicted octanol–water partition coefficient (Wildman–Crippen LogP) is 4.27. The molecule has 7 nitrogen and oxygen atoms in total. The second-order valence-electron chi connectivity index (χ2n) is 8.12. The molecule has 1 aliphatic heterocycles. The number of H-pyrrole nitrogens is 1. The molecular weight excluding hydrogens is 404 g/mol. The van der Waals surface area contributed by atoms with Crippen LogP contribution in [0.5, 0.6) is 0 Å². The third kappa shape index (κ3) is 3.54. The number of fused-ring (bicyclic) bond motifs is 1. The summed E-state index contributed by atoms with van der Waals surface area (Å²) in [5.41, 5.74) is 2.28. The van der Waals surface area contributed by atoms with Crippen molar-refractivity contribution in [2.75, 3.05) is 18.0 Å². The van der Waals surface area contributed by atoms with Crippen LogP contribution in [0.4, 0.5) is 5.82 Å².